The zero-order valence-corrected chi connectivity index (χ0v) is 12.2. The fraction of sp³-hybridized carbons (Fsp3) is 0.438. The summed E-state index contributed by atoms with van der Waals surface area (Å²) in [6, 6.07) is 8.52. The molecule has 0 saturated carbocycles. The Bertz CT molecular complexity index is 536. The van der Waals surface area contributed by atoms with Crippen LogP contribution in [0.3, 0.4) is 0 Å². The van der Waals surface area contributed by atoms with Crippen LogP contribution in [0.4, 0.5) is 5.82 Å². The Hall–Kier alpha value is -1.77. The van der Waals surface area contributed by atoms with Crippen LogP contribution < -0.4 is 5.73 Å². The summed E-state index contributed by atoms with van der Waals surface area (Å²) < 4.78 is 2.02. The van der Waals surface area contributed by atoms with E-state index in [1.807, 2.05) is 10.9 Å². The second-order valence-electron chi connectivity index (χ2n) is 5.80. The highest BCUT2D eigenvalue weighted by Crippen LogP contribution is 2.26. The lowest BCUT2D eigenvalue weighted by molar-refractivity contribution is 0.527. The highest BCUT2D eigenvalue weighted by Gasteiger charge is 2.11. The van der Waals surface area contributed by atoms with Crippen molar-refractivity contribution in [2.45, 2.75) is 40.2 Å². The van der Waals surface area contributed by atoms with Gasteiger partial charge in [-0.2, -0.15) is 0 Å². The maximum atomic E-state index is 6.18. The molecular weight excluding hydrogens is 234 g/mol. The molecule has 3 nitrogen and oxygen atoms in total. The summed E-state index contributed by atoms with van der Waals surface area (Å²) in [5, 5.41) is 0. The number of anilines is 1. The van der Waals surface area contributed by atoms with Gasteiger partial charge in [-0.1, -0.05) is 52.0 Å². The quantitative estimate of drug-likeness (QED) is 0.902. The lowest BCUT2D eigenvalue weighted by Gasteiger charge is -2.09. The summed E-state index contributed by atoms with van der Waals surface area (Å²) in [6.07, 6.45) is 1.83. The van der Waals surface area contributed by atoms with E-state index in [0.29, 0.717) is 11.8 Å². The van der Waals surface area contributed by atoms with Crippen LogP contribution in [0.2, 0.25) is 0 Å². The molecule has 0 unspecified atom stereocenters. The zero-order valence-electron chi connectivity index (χ0n) is 12.2. The number of benzene rings is 1. The molecule has 2 N–H and O–H groups in total. The van der Waals surface area contributed by atoms with Gasteiger partial charge in [-0.15, -0.1) is 0 Å². The van der Waals surface area contributed by atoms with Crippen LogP contribution in [0.5, 0.6) is 0 Å². The second-order valence-corrected chi connectivity index (χ2v) is 5.80. The van der Waals surface area contributed by atoms with Gasteiger partial charge >= 0.3 is 0 Å². The van der Waals surface area contributed by atoms with Gasteiger partial charge in [-0.25, -0.2) is 4.98 Å². The van der Waals surface area contributed by atoms with Crippen LogP contribution >= 0.6 is 0 Å². The van der Waals surface area contributed by atoms with E-state index < -0.39 is 0 Å². The molecule has 19 heavy (non-hydrogen) atoms. The van der Waals surface area contributed by atoms with Gasteiger partial charge in [0, 0.05) is 12.1 Å². The Morgan fingerprint density at radius 3 is 2.26 bits per heavy atom. The molecule has 0 aliphatic heterocycles. The van der Waals surface area contributed by atoms with E-state index in [2.05, 4.69) is 56.9 Å². The largest absolute Gasteiger partial charge is 0.383 e. The summed E-state index contributed by atoms with van der Waals surface area (Å²) >= 11 is 0. The van der Waals surface area contributed by atoms with Crippen LogP contribution in [0, 0.1) is 5.92 Å². The molecule has 0 bridgehead atoms. The Kier molecular flexibility index (Phi) is 3.93. The second kappa shape index (κ2) is 5.47. The average molecular weight is 257 g/mol. The third kappa shape index (κ3) is 2.98. The van der Waals surface area contributed by atoms with Gasteiger partial charge in [-0.05, 0) is 17.4 Å². The lowest BCUT2D eigenvalue weighted by atomic mass is 10.0. The molecule has 2 rings (SSSR count). The summed E-state index contributed by atoms with van der Waals surface area (Å²) in [7, 11) is 0. The number of nitrogens with zero attached hydrogens (tertiary/aromatic N) is 2. The number of nitrogen functional groups attached to an aromatic ring is 1. The number of rotatable bonds is 4. The molecular formula is C16H23N3. The van der Waals surface area contributed by atoms with Crippen molar-refractivity contribution in [3.8, 4) is 11.3 Å². The van der Waals surface area contributed by atoms with Gasteiger partial charge in [0.2, 0.25) is 0 Å². The fourth-order valence-corrected chi connectivity index (χ4v) is 2.18. The highest BCUT2D eigenvalue weighted by molar-refractivity contribution is 5.70. The first-order chi connectivity index (χ1) is 8.99. The van der Waals surface area contributed by atoms with Crippen molar-refractivity contribution in [2.75, 3.05) is 5.73 Å². The first-order valence-electron chi connectivity index (χ1n) is 6.90. The van der Waals surface area contributed by atoms with Crippen molar-refractivity contribution in [3.05, 3.63) is 36.2 Å². The van der Waals surface area contributed by atoms with E-state index in [9.17, 15) is 0 Å². The Labute approximate surface area is 115 Å². The molecule has 0 fully saturated rings. The van der Waals surface area contributed by atoms with E-state index in [0.717, 1.165) is 23.6 Å². The van der Waals surface area contributed by atoms with Crippen LogP contribution in [0.1, 0.15) is 39.2 Å². The molecule has 0 aliphatic carbocycles. The Balaban J connectivity index is 2.29. The maximum absolute atomic E-state index is 6.18. The topological polar surface area (TPSA) is 43.8 Å². The number of hydrogen-bond donors (Lipinski definition) is 1. The number of aromatic nitrogens is 2. The van der Waals surface area contributed by atoms with Crippen LogP contribution in [-0.4, -0.2) is 9.55 Å². The van der Waals surface area contributed by atoms with Gasteiger partial charge in [0.15, 0.2) is 0 Å². The van der Waals surface area contributed by atoms with Gasteiger partial charge in [0.05, 0.1) is 6.33 Å². The minimum absolute atomic E-state index is 0.546. The first kappa shape index (κ1) is 13.7. The number of nitrogens with two attached hydrogens (primary N) is 1. The minimum atomic E-state index is 0.546. The molecule has 0 aliphatic rings. The van der Waals surface area contributed by atoms with E-state index >= 15 is 0 Å². The van der Waals surface area contributed by atoms with E-state index in [1.165, 1.54) is 5.56 Å². The highest BCUT2D eigenvalue weighted by atomic mass is 15.1. The van der Waals surface area contributed by atoms with Crippen LogP contribution in [0.15, 0.2) is 30.6 Å². The van der Waals surface area contributed by atoms with Gasteiger partial charge in [0.1, 0.15) is 11.5 Å². The molecule has 1 heterocycles. The third-order valence-corrected chi connectivity index (χ3v) is 3.29. The molecule has 0 spiro atoms. The van der Waals surface area contributed by atoms with E-state index in [4.69, 9.17) is 5.73 Å². The summed E-state index contributed by atoms with van der Waals surface area (Å²) in [5.41, 5.74) is 9.49. The van der Waals surface area contributed by atoms with Crippen molar-refractivity contribution in [2.24, 2.45) is 5.92 Å². The van der Waals surface area contributed by atoms with E-state index in [1.54, 1.807) is 0 Å². The zero-order chi connectivity index (χ0) is 14.0. The lowest BCUT2D eigenvalue weighted by Crippen LogP contribution is -2.06. The Morgan fingerprint density at radius 2 is 1.74 bits per heavy atom. The van der Waals surface area contributed by atoms with Crippen molar-refractivity contribution < 1.29 is 0 Å². The summed E-state index contributed by atoms with van der Waals surface area (Å²) in [4.78, 5) is 4.45. The SMILES string of the molecule is CC(C)Cn1cnc(-c2ccc(C(C)C)cc2)c1N. The molecule has 0 radical (unpaired) electrons. The van der Waals surface area contributed by atoms with Gasteiger partial charge in [-0.3, -0.25) is 0 Å². The monoisotopic (exact) mass is 257 g/mol. The van der Waals surface area contributed by atoms with Crippen molar-refractivity contribution in [1.82, 2.24) is 9.55 Å². The van der Waals surface area contributed by atoms with Crippen molar-refractivity contribution in [1.29, 1.82) is 0 Å². The van der Waals surface area contributed by atoms with Crippen LogP contribution in [-0.2, 0) is 6.54 Å². The summed E-state index contributed by atoms with van der Waals surface area (Å²) in [5.74, 6) is 1.86. The first-order valence-corrected chi connectivity index (χ1v) is 6.90. The minimum Gasteiger partial charge on any atom is -0.383 e. The maximum Gasteiger partial charge on any atom is 0.131 e. The smallest absolute Gasteiger partial charge is 0.131 e. The third-order valence-electron chi connectivity index (χ3n) is 3.29. The number of hydrogen-bond acceptors (Lipinski definition) is 2. The predicted molar refractivity (Wildman–Crippen MR) is 81.0 cm³/mol. The van der Waals surface area contributed by atoms with Gasteiger partial charge < -0.3 is 10.3 Å². The Morgan fingerprint density at radius 1 is 1.11 bits per heavy atom. The summed E-state index contributed by atoms with van der Waals surface area (Å²) in [6.45, 7) is 9.65. The van der Waals surface area contributed by atoms with E-state index in [-0.39, 0.29) is 0 Å². The molecule has 102 valence electrons. The predicted octanol–water partition coefficient (Wildman–Crippen LogP) is 3.91. The number of imidazole rings is 1. The van der Waals surface area contributed by atoms with Crippen LogP contribution in [0.25, 0.3) is 11.3 Å². The fourth-order valence-electron chi connectivity index (χ4n) is 2.18. The molecule has 3 heteroatoms. The molecule has 2 aromatic rings. The van der Waals surface area contributed by atoms with Crippen molar-refractivity contribution in [3.63, 3.8) is 0 Å². The van der Waals surface area contributed by atoms with Gasteiger partial charge in [0.25, 0.3) is 0 Å². The normalized spacial score (nSPS) is 11.5. The average Bonchev–Trinajstić information content (AvgIpc) is 2.70. The molecule has 1 aromatic heterocycles. The van der Waals surface area contributed by atoms with Crippen molar-refractivity contribution >= 4 is 5.82 Å². The molecule has 1 aromatic carbocycles. The standard InChI is InChI=1S/C16H23N3/c1-11(2)9-19-10-18-15(16(19)17)14-7-5-13(6-8-14)12(3)4/h5-8,10-12H,9,17H2,1-4H3. The molecule has 0 atom stereocenters. The molecule has 0 amide bonds. The molecule has 0 saturated heterocycles.